The van der Waals surface area contributed by atoms with Crippen molar-refractivity contribution in [2.24, 2.45) is 12.5 Å². The van der Waals surface area contributed by atoms with E-state index in [1.807, 2.05) is 11.8 Å². The predicted molar refractivity (Wildman–Crippen MR) is 163 cm³/mol. The first-order valence-corrected chi connectivity index (χ1v) is 15.2. The van der Waals surface area contributed by atoms with Crippen molar-refractivity contribution in [3.8, 4) is 11.3 Å². The lowest BCUT2D eigenvalue weighted by Crippen LogP contribution is -2.32. The quantitative estimate of drug-likeness (QED) is 0.164. The molecule has 0 unspecified atom stereocenters. The zero-order valence-corrected chi connectivity index (χ0v) is 24.3. The molecular weight excluding hydrogens is 478 g/mol. The number of pyridine rings is 1. The molecule has 1 nitrogen and oxygen atoms in total. The van der Waals surface area contributed by atoms with Crippen molar-refractivity contribution in [3.05, 3.63) is 77.5 Å². The van der Waals surface area contributed by atoms with Crippen molar-refractivity contribution in [3.63, 3.8) is 0 Å². The number of benzene rings is 4. The lowest BCUT2D eigenvalue weighted by atomic mass is 9.82. The average Bonchev–Trinajstić information content (AvgIpc) is 2.91. The van der Waals surface area contributed by atoms with Gasteiger partial charge in [0.2, 0.25) is 5.69 Å². The van der Waals surface area contributed by atoms with Crippen LogP contribution in [-0.2, 0) is 13.5 Å². The van der Waals surface area contributed by atoms with Gasteiger partial charge < -0.3 is 0 Å². The fraction of sp³-hybridized carbons (Fsp3) is 0.361. The van der Waals surface area contributed by atoms with Crippen LogP contribution in [0.5, 0.6) is 0 Å². The first kappa shape index (κ1) is 24.2. The summed E-state index contributed by atoms with van der Waals surface area (Å²) in [5, 5.41) is 8.45. The summed E-state index contributed by atoms with van der Waals surface area (Å²) >= 11 is 2.01. The number of nitrogens with zero attached hydrogens (tertiary/aromatic N) is 1. The Labute approximate surface area is 231 Å². The molecule has 0 spiro atoms. The summed E-state index contributed by atoms with van der Waals surface area (Å²) in [4.78, 5) is 2.87. The molecule has 0 radical (unpaired) electrons. The highest BCUT2D eigenvalue weighted by Gasteiger charge is 2.33. The lowest BCUT2D eigenvalue weighted by molar-refractivity contribution is -0.659. The van der Waals surface area contributed by atoms with Crippen LogP contribution >= 0.6 is 11.8 Å². The molecule has 2 aliphatic rings. The topological polar surface area (TPSA) is 3.88 Å². The molecule has 2 heteroatoms. The Balaban J connectivity index is 1.55. The normalized spacial score (nSPS) is 15.9. The second-order valence-electron chi connectivity index (χ2n) is 12.9. The van der Waals surface area contributed by atoms with Gasteiger partial charge >= 0.3 is 0 Å². The first-order chi connectivity index (χ1) is 18.3. The maximum Gasteiger partial charge on any atom is 0.222 e. The van der Waals surface area contributed by atoms with Crippen LogP contribution in [0.4, 0.5) is 0 Å². The minimum absolute atomic E-state index is 0.208. The number of aryl methyl sites for hydroxylation is 2. The van der Waals surface area contributed by atoms with E-state index in [9.17, 15) is 0 Å². The third-order valence-corrected chi connectivity index (χ3v) is 10.2. The van der Waals surface area contributed by atoms with Crippen LogP contribution in [0, 0.1) is 12.3 Å². The van der Waals surface area contributed by atoms with E-state index in [4.69, 9.17) is 0 Å². The SMILES string of the molecule is Cc1c2c(c(CC(C)(C)C)c3ccccc13)Sc1cc3ccc(C4CCCCC4)cc3c3cc[n+](C)c-2c13. The molecule has 192 valence electrons. The van der Waals surface area contributed by atoms with E-state index in [-0.39, 0.29) is 5.41 Å². The van der Waals surface area contributed by atoms with Crippen LogP contribution in [0.1, 0.15) is 75.5 Å². The van der Waals surface area contributed by atoms with E-state index in [1.165, 1.54) is 96.6 Å². The maximum atomic E-state index is 2.53. The fourth-order valence-electron chi connectivity index (χ4n) is 7.21. The Morgan fingerprint density at radius 3 is 2.39 bits per heavy atom. The van der Waals surface area contributed by atoms with Gasteiger partial charge in [-0.15, -0.1) is 0 Å². The Kier molecular flexibility index (Phi) is 5.64. The van der Waals surface area contributed by atoms with Crippen LogP contribution in [0.2, 0.25) is 0 Å². The molecule has 0 bridgehead atoms. The van der Waals surface area contributed by atoms with Gasteiger partial charge in [-0.05, 0) is 81.8 Å². The van der Waals surface area contributed by atoms with Crippen LogP contribution < -0.4 is 4.57 Å². The molecule has 7 rings (SSSR count). The van der Waals surface area contributed by atoms with Crippen LogP contribution in [0.3, 0.4) is 0 Å². The van der Waals surface area contributed by atoms with Crippen LogP contribution in [0.15, 0.2) is 70.6 Å². The first-order valence-electron chi connectivity index (χ1n) is 14.4. The molecule has 38 heavy (non-hydrogen) atoms. The molecule has 5 aromatic rings. The number of hydrogen-bond donors (Lipinski definition) is 0. The minimum atomic E-state index is 0.208. The highest BCUT2D eigenvalue weighted by molar-refractivity contribution is 8.00. The molecule has 0 amide bonds. The van der Waals surface area contributed by atoms with Gasteiger partial charge in [0.25, 0.3) is 0 Å². The molecule has 2 heterocycles. The van der Waals surface area contributed by atoms with Crippen molar-refractivity contribution < 1.29 is 4.57 Å². The molecule has 1 aliphatic heterocycles. The third kappa shape index (κ3) is 3.79. The smallest absolute Gasteiger partial charge is 0.200 e. The summed E-state index contributed by atoms with van der Waals surface area (Å²) < 4.78 is 2.38. The molecule has 1 aromatic heterocycles. The standard InChI is InChI=1S/C36H38NS/c1-22-26-13-9-10-14-27(26)30(21-36(2,3)4)35-32(22)34-33-28(17-18-37(34)5)29-19-24(23-11-7-6-8-12-23)15-16-25(29)20-31(33)38-35/h9-10,13-20,23H,6-8,11-12,21H2,1-5H3/q+1. The predicted octanol–water partition coefficient (Wildman–Crippen LogP) is 10.0. The van der Waals surface area contributed by atoms with Crippen molar-refractivity contribution in [1.82, 2.24) is 0 Å². The number of aromatic nitrogens is 1. The average molecular weight is 517 g/mol. The third-order valence-electron chi connectivity index (χ3n) is 8.99. The summed E-state index contributed by atoms with van der Waals surface area (Å²) in [5.74, 6) is 0.721. The number of hydrogen-bond acceptors (Lipinski definition) is 1. The maximum absolute atomic E-state index is 2.53. The van der Waals surface area contributed by atoms with Crippen molar-refractivity contribution in [2.45, 2.75) is 81.9 Å². The van der Waals surface area contributed by atoms with Crippen molar-refractivity contribution >= 4 is 44.1 Å². The Morgan fingerprint density at radius 1 is 0.868 bits per heavy atom. The van der Waals surface area contributed by atoms with Gasteiger partial charge in [0.15, 0.2) is 6.20 Å². The summed E-state index contributed by atoms with van der Waals surface area (Å²) in [7, 11) is 2.24. The summed E-state index contributed by atoms with van der Waals surface area (Å²) in [5.41, 5.74) is 7.49. The summed E-state index contributed by atoms with van der Waals surface area (Å²) in [6.07, 6.45) is 10.2. The van der Waals surface area contributed by atoms with E-state index in [0.29, 0.717) is 0 Å². The van der Waals surface area contributed by atoms with E-state index in [1.54, 1.807) is 5.56 Å². The van der Waals surface area contributed by atoms with Gasteiger partial charge in [-0.1, -0.05) is 94.3 Å². The Morgan fingerprint density at radius 2 is 1.63 bits per heavy atom. The zero-order valence-electron chi connectivity index (χ0n) is 23.4. The molecule has 1 fully saturated rings. The van der Waals surface area contributed by atoms with Crippen LogP contribution in [-0.4, -0.2) is 0 Å². The zero-order chi connectivity index (χ0) is 26.2. The summed E-state index contributed by atoms with van der Waals surface area (Å²) in [6, 6.07) is 21.3. The van der Waals surface area contributed by atoms with E-state index in [2.05, 4.69) is 100 Å². The van der Waals surface area contributed by atoms with Crippen molar-refractivity contribution in [2.75, 3.05) is 0 Å². The van der Waals surface area contributed by atoms with Gasteiger partial charge in [-0.25, -0.2) is 4.57 Å². The Hall–Kier alpha value is -2.84. The minimum Gasteiger partial charge on any atom is -0.200 e. The van der Waals surface area contributed by atoms with Crippen molar-refractivity contribution in [1.29, 1.82) is 0 Å². The lowest BCUT2D eigenvalue weighted by Gasteiger charge is -2.28. The molecule has 4 aromatic carbocycles. The van der Waals surface area contributed by atoms with E-state index >= 15 is 0 Å². The molecule has 0 saturated heterocycles. The molecule has 1 aliphatic carbocycles. The number of rotatable bonds is 2. The fourth-order valence-corrected chi connectivity index (χ4v) is 8.58. The highest BCUT2D eigenvalue weighted by atomic mass is 32.2. The largest absolute Gasteiger partial charge is 0.222 e. The highest BCUT2D eigenvalue weighted by Crippen LogP contribution is 2.53. The number of fused-ring (bicyclic) bond motifs is 5. The van der Waals surface area contributed by atoms with Gasteiger partial charge in [0.05, 0.1) is 10.9 Å². The summed E-state index contributed by atoms with van der Waals surface area (Å²) in [6.45, 7) is 9.45. The van der Waals surface area contributed by atoms with Gasteiger partial charge in [-0.3, -0.25) is 0 Å². The van der Waals surface area contributed by atoms with E-state index in [0.717, 1.165) is 12.3 Å². The Bertz CT molecular complexity index is 1750. The second kappa shape index (κ2) is 8.85. The molecule has 1 saturated carbocycles. The molecule has 0 atom stereocenters. The van der Waals surface area contributed by atoms with Gasteiger partial charge in [0.1, 0.15) is 7.05 Å². The van der Waals surface area contributed by atoms with E-state index < -0.39 is 0 Å². The van der Waals surface area contributed by atoms with Gasteiger partial charge in [-0.2, -0.15) is 0 Å². The van der Waals surface area contributed by atoms with Gasteiger partial charge in [0, 0.05) is 21.2 Å². The molecular formula is C36H38NS+. The molecule has 0 N–H and O–H groups in total. The van der Waals surface area contributed by atoms with Crippen LogP contribution in [0.25, 0.3) is 43.6 Å². The monoisotopic (exact) mass is 516 g/mol. The second-order valence-corrected chi connectivity index (χ2v) is 14.0.